The van der Waals surface area contributed by atoms with Crippen molar-refractivity contribution in [1.82, 2.24) is 19.8 Å². The fraction of sp³-hybridized carbons (Fsp3) is 0.105. The van der Waals surface area contributed by atoms with Gasteiger partial charge in [0.05, 0.1) is 27.9 Å². The Bertz CT molecular complexity index is 1170. The summed E-state index contributed by atoms with van der Waals surface area (Å²) in [7, 11) is 0. The van der Waals surface area contributed by atoms with Gasteiger partial charge in [0, 0.05) is 18.8 Å². The van der Waals surface area contributed by atoms with Crippen LogP contribution in [0, 0.1) is 11.3 Å². The molecule has 0 aliphatic rings. The number of halogens is 2. The predicted octanol–water partition coefficient (Wildman–Crippen LogP) is 3.14. The van der Waals surface area contributed by atoms with E-state index in [0.29, 0.717) is 9.63 Å². The van der Waals surface area contributed by atoms with Crippen LogP contribution in [0.4, 0.5) is 5.69 Å². The molecule has 0 aliphatic heterocycles. The average molecular weight is 489 g/mol. The molecular formula is C19H15BrClN7O2. The van der Waals surface area contributed by atoms with Crippen molar-refractivity contribution < 1.29 is 9.59 Å². The van der Waals surface area contributed by atoms with Gasteiger partial charge in [0.25, 0.3) is 11.8 Å². The molecule has 2 heterocycles. The lowest BCUT2D eigenvalue weighted by Gasteiger charge is -2.17. The van der Waals surface area contributed by atoms with Crippen LogP contribution in [0.2, 0.25) is 5.02 Å². The number of pyridine rings is 1. The Morgan fingerprint density at radius 3 is 2.80 bits per heavy atom. The molecule has 152 valence electrons. The highest BCUT2D eigenvalue weighted by atomic mass is 79.9. The number of carbonyl (C=O) groups is 2. The number of benzene rings is 1. The van der Waals surface area contributed by atoms with E-state index < -0.39 is 11.8 Å². The van der Waals surface area contributed by atoms with E-state index in [1.807, 2.05) is 6.07 Å². The van der Waals surface area contributed by atoms with Crippen LogP contribution in [0.25, 0.3) is 5.82 Å². The molecule has 0 saturated carbocycles. The third-order valence-corrected chi connectivity index (χ3v) is 4.76. The van der Waals surface area contributed by atoms with E-state index in [4.69, 9.17) is 22.7 Å². The summed E-state index contributed by atoms with van der Waals surface area (Å²) in [6.45, 7) is 1.96. The van der Waals surface area contributed by atoms with Crippen LogP contribution >= 0.6 is 27.5 Å². The Labute approximate surface area is 185 Å². The van der Waals surface area contributed by atoms with Gasteiger partial charge in [-0.15, -0.1) is 0 Å². The topological polar surface area (TPSA) is 130 Å². The molecule has 0 unspecified atom stereocenters. The number of amides is 2. The second kappa shape index (κ2) is 9.04. The van der Waals surface area contributed by atoms with Crippen LogP contribution in [0.5, 0.6) is 0 Å². The van der Waals surface area contributed by atoms with E-state index in [1.165, 1.54) is 35.1 Å². The second-order valence-electron chi connectivity index (χ2n) is 5.99. The zero-order valence-electron chi connectivity index (χ0n) is 15.6. The molecule has 2 amide bonds. The summed E-state index contributed by atoms with van der Waals surface area (Å²) < 4.78 is 1.68. The largest absolute Gasteiger partial charge is 0.320 e. The second-order valence-corrected chi connectivity index (χ2v) is 7.21. The van der Waals surface area contributed by atoms with Gasteiger partial charge in [-0.2, -0.15) is 10.4 Å². The van der Waals surface area contributed by atoms with Gasteiger partial charge < -0.3 is 5.32 Å². The van der Waals surface area contributed by atoms with E-state index in [9.17, 15) is 9.59 Å². The van der Waals surface area contributed by atoms with E-state index in [1.54, 1.807) is 19.1 Å². The van der Waals surface area contributed by atoms with Crippen molar-refractivity contribution in [3.8, 4) is 11.9 Å². The van der Waals surface area contributed by atoms with Crippen molar-refractivity contribution >= 4 is 45.0 Å². The summed E-state index contributed by atoms with van der Waals surface area (Å²) in [5.41, 5.74) is 0.677. The molecule has 9 nitrogen and oxygen atoms in total. The van der Waals surface area contributed by atoms with Gasteiger partial charge in [-0.3, -0.25) is 14.6 Å². The maximum Gasteiger partial charge on any atom is 0.274 e. The zero-order valence-corrected chi connectivity index (χ0v) is 18.0. The smallest absolute Gasteiger partial charge is 0.274 e. The van der Waals surface area contributed by atoms with E-state index in [0.717, 1.165) is 5.01 Å². The molecule has 0 spiro atoms. The molecule has 0 aliphatic carbocycles. The molecule has 2 aromatic heterocycles. The van der Waals surface area contributed by atoms with Gasteiger partial charge in [-0.1, -0.05) is 11.6 Å². The molecule has 3 N–H and O–H groups in total. The first-order chi connectivity index (χ1) is 14.3. The monoisotopic (exact) mass is 487 g/mol. The number of hydrogen-bond acceptors (Lipinski definition) is 6. The molecule has 3 aromatic rings. The van der Waals surface area contributed by atoms with Gasteiger partial charge in [-0.25, -0.2) is 15.5 Å². The maximum absolute atomic E-state index is 13.0. The molecule has 0 bridgehead atoms. The van der Waals surface area contributed by atoms with Crippen molar-refractivity contribution in [2.24, 2.45) is 5.84 Å². The number of nitrogens with zero attached hydrogens (tertiary/aromatic N) is 5. The third-order valence-electron chi connectivity index (χ3n) is 4.08. The van der Waals surface area contributed by atoms with Crippen molar-refractivity contribution in [1.29, 1.82) is 5.26 Å². The van der Waals surface area contributed by atoms with Crippen LogP contribution in [0.15, 0.2) is 47.2 Å². The lowest BCUT2D eigenvalue weighted by Crippen LogP contribution is -2.37. The number of hydrogen-bond donors (Lipinski definition) is 2. The van der Waals surface area contributed by atoms with Crippen LogP contribution in [0.1, 0.15) is 33.3 Å². The Hall–Kier alpha value is -3.26. The SMILES string of the molecule is CCN(N)C(=O)c1cc(C#N)ccc1NC(=O)c1cc(Br)nn1-c1ncccc1Cl. The third kappa shape index (κ3) is 4.33. The first kappa shape index (κ1) is 21.4. The van der Waals surface area contributed by atoms with Crippen LogP contribution in [-0.4, -0.2) is 38.1 Å². The van der Waals surface area contributed by atoms with Gasteiger partial charge in [-0.05, 0) is 53.2 Å². The summed E-state index contributed by atoms with van der Waals surface area (Å²) in [6.07, 6.45) is 1.52. The molecule has 1 aromatic carbocycles. The summed E-state index contributed by atoms with van der Waals surface area (Å²) in [5, 5.41) is 17.3. The Morgan fingerprint density at radius 2 is 2.13 bits per heavy atom. The number of carbonyl (C=O) groups excluding carboxylic acids is 2. The van der Waals surface area contributed by atoms with E-state index >= 15 is 0 Å². The molecular weight excluding hydrogens is 474 g/mol. The first-order valence-electron chi connectivity index (χ1n) is 8.64. The molecule has 3 rings (SSSR count). The van der Waals surface area contributed by atoms with Gasteiger partial charge in [0.2, 0.25) is 0 Å². The minimum Gasteiger partial charge on any atom is -0.320 e. The maximum atomic E-state index is 13.0. The van der Waals surface area contributed by atoms with Crippen LogP contribution in [-0.2, 0) is 0 Å². The molecule has 0 fully saturated rings. The predicted molar refractivity (Wildman–Crippen MR) is 114 cm³/mol. The number of aromatic nitrogens is 3. The molecule has 30 heavy (non-hydrogen) atoms. The van der Waals surface area contributed by atoms with Gasteiger partial charge in [0.15, 0.2) is 5.82 Å². The molecule has 0 radical (unpaired) electrons. The number of nitrogens with two attached hydrogens (primary N) is 1. The van der Waals surface area contributed by atoms with Crippen molar-refractivity contribution in [2.75, 3.05) is 11.9 Å². The normalized spacial score (nSPS) is 10.4. The molecule has 11 heteroatoms. The summed E-state index contributed by atoms with van der Waals surface area (Å²) in [5.74, 6) is 4.89. The highest BCUT2D eigenvalue weighted by molar-refractivity contribution is 9.10. The summed E-state index contributed by atoms with van der Waals surface area (Å²) in [4.78, 5) is 29.8. The number of rotatable bonds is 5. The Kier molecular flexibility index (Phi) is 6.47. The number of hydrazine groups is 1. The van der Waals surface area contributed by atoms with Crippen LogP contribution < -0.4 is 11.2 Å². The highest BCUT2D eigenvalue weighted by Crippen LogP contribution is 2.24. The highest BCUT2D eigenvalue weighted by Gasteiger charge is 2.22. The average Bonchev–Trinajstić information content (AvgIpc) is 3.14. The first-order valence-corrected chi connectivity index (χ1v) is 9.81. The zero-order chi connectivity index (χ0) is 21.8. The fourth-order valence-corrected chi connectivity index (χ4v) is 3.17. The number of anilines is 1. The quantitative estimate of drug-likeness (QED) is 0.322. The van der Waals surface area contributed by atoms with Crippen molar-refractivity contribution in [3.05, 3.63) is 69.0 Å². The Morgan fingerprint density at radius 1 is 1.37 bits per heavy atom. The minimum absolute atomic E-state index is 0.0905. The van der Waals surface area contributed by atoms with Gasteiger partial charge >= 0.3 is 0 Å². The Balaban J connectivity index is 2.01. The van der Waals surface area contributed by atoms with Crippen LogP contribution in [0.3, 0.4) is 0 Å². The fourth-order valence-electron chi connectivity index (χ4n) is 2.59. The minimum atomic E-state index is -0.561. The molecule has 0 atom stereocenters. The van der Waals surface area contributed by atoms with E-state index in [2.05, 4.69) is 31.3 Å². The lowest BCUT2D eigenvalue weighted by molar-refractivity contribution is 0.0765. The van der Waals surface area contributed by atoms with E-state index in [-0.39, 0.29) is 34.9 Å². The number of nitriles is 1. The van der Waals surface area contributed by atoms with Gasteiger partial charge in [0.1, 0.15) is 10.3 Å². The summed E-state index contributed by atoms with van der Waals surface area (Å²) in [6, 6.07) is 11.1. The summed E-state index contributed by atoms with van der Waals surface area (Å²) >= 11 is 9.44. The lowest BCUT2D eigenvalue weighted by atomic mass is 10.1. The van der Waals surface area contributed by atoms with Crippen molar-refractivity contribution in [3.63, 3.8) is 0 Å². The standard InChI is InChI=1S/C19H15BrClN7O2/c1-2-27(23)19(30)12-8-11(10-22)5-6-14(12)25-18(29)15-9-16(20)26-28(15)17-13(21)4-3-7-24-17/h3-9H,2,23H2,1H3,(H,25,29). The molecule has 0 saturated heterocycles. The number of nitrogens with one attached hydrogen (secondary N) is 1. The van der Waals surface area contributed by atoms with Crippen molar-refractivity contribution in [2.45, 2.75) is 6.92 Å².